The van der Waals surface area contributed by atoms with Gasteiger partial charge in [0.1, 0.15) is 5.71 Å². The lowest BCUT2D eigenvalue weighted by Gasteiger charge is -2.02. The Morgan fingerprint density at radius 3 is 2.48 bits per heavy atom. The highest BCUT2D eigenvalue weighted by atomic mass is 32.2. The summed E-state index contributed by atoms with van der Waals surface area (Å²) >= 11 is 1.30. The summed E-state index contributed by atoms with van der Waals surface area (Å²) in [5, 5.41) is 24.1. The third kappa shape index (κ3) is 8.71. The molecule has 1 aliphatic carbocycles. The van der Waals surface area contributed by atoms with E-state index < -0.39 is 5.97 Å². The van der Waals surface area contributed by atoms with Crippen LogP contribution in [0.25, 0.3) is 0 Å². The zero-order valence-corrected chi connectivity index (χ0v) is 14.0. The molecule has 1 saturated carbocycles. The summed E-state index contributed by atoms with van der Waals surface area (Å²) < 4.78 is 10.3. The number of hydrogen-bond acceptors (Lipinski definition) is 6. The molecule has 0 heterocycles. The Kier molecular flexibility index (Phi) is 9.54. The largest absolute Gasteiger partial charge is 0.477 e. The van der Waals surface area contributed by atoms with Crippen molar-refractivity contribution in [3.05, 3.63) is 29.8 Å². The lowest BCUT2D eigenvalue weighted by Crippen LogP contribution is -2.12. The van der Waals surface area contributed by atoms with Crippen LogP contribution in [0.4, 0.5) is 0 Å². The average molecular weight is 341 g/mol. The summed E-state index contributed by atoms with van der Waals surface area (Å²) in [5.41, 5.74) is 0.0166. The number of benzene rings is 1. The molecule has 0 spiro atoms. The van der Waals surface area contributed by atoms with E-state index in [1.807, 2.05) is 6.92 Å². The van der Waals surface area contributed by atoms with Crippen LogP contribution in [-0.2, 0) is 13.7 Å². The van der Waals surface area contributed by atoms with E-state index in [0.717, 1.165) is 30.8 Å². The Balaban J connectivity index is 0.000000322. The van der Waals surface area contributed by atoms with Crippen LogP contribution < -0.4 is 0 Å². The summed E-state index contributed by atoms with van der Waals surface area (Å²) in [5.74, 6) is -1.21. The van der Waals surface area contributed by atoms with Gasteiger partial charge in [0, 0.05) is 42.3 Å². The third-order valence-electron chi connectivity index (χ3n) is 2.81. The van der Waals surface area contributed by atoms with Gasteiger partial charge < -0.3 is 19.1 Å². The van der Waals surface area contributed by atoms with Crippen molar-refractivity contribution in [3.8, 4) is 0 Å². The van der Waals surface area contributed by atoms with E-state index in [4.69, 9.17) is 24.5 Å². The van der Waals surface area contributed by atoms with E-state index >= 15 is 0 Å². The van der Waals surface area contributed by atoms with Crippen LogP contribution >= 0.6 is 12.0 Å². The highest BCUT2D eigenvalue weighted by molar-refractivity contribution is 7.94. The molecule has 6 nitrogen and oxygen atoms in total. The number of rotatable bonds is 9. The van der Waals surface area contributed by atoms with Crippen LogP contribution in [0.3, 0.4) is 0 Å². The molecular weight excluding hydrogens is 318 g/mol. The Bertz CT molecular complexity index is 484. The SMILES string of the molecule is CCOCCCO.N=C(C(=O)O)c1ccc(SOC2CC2)cc1. The topological polar surface area (TPSA) is 99.8 Å². The minimum absolute atomic E-state index is 0.236. The summed E-state index contributed by atoms with van der Waals surface area (Å²) in [7, 11) is 0. The van der Waals surface area contributed by atoms with Gasteiger partial charge in [-0.05, 0) is 38.3 Å². The molecule has 3 N–H and O–H groups in total. The molecule has 23 heavy (non-hydrogen) atoms. The van der Waals surface area contributed by atoms with Crippen molar-refractivity contribution >= 4 is 23.7 Å². The standard InChI is InChI=1S/C11H11NO3S.C5H12O2/c12-10(11(13)14)7-1-5-9(6-2-7)16-15-8-3-4-8;1-2-7-5-3-4-6/h1-2,5-6,8,12H,3-4H2,(H,13,14);6H,2-5H2,1H3. The minimum atomic E-state index is -1.21. The second kappa shape index (κ2) is 11.2. The normalized spacial score (nSPS) is 13.1. The van der Waals surface area contributed by atoms with Crippen LogP contribution in [0.15, 0.2) is 29.2 Å². The first kappa shape index (κ1) is 19.6. The first-order chi connectivity index (χ1) is 11.1. The van der Waals surface area contributed by atoms with Gasteiger partial charge in [-0.15, -0.1) is 0 Å². The fourth-order valence-electron chi connectivity index (χ4n) is 1.40. The summed E-state index contributed by atoms with van der Waals surface area (Å²) in [6.45, 7) is 3.62. The van der Waals surface area contributed by atoms with Gasteiger partial charge in [-0.1, -0.05) is 12.1 Å². The number of aliphatic hydroxyl groups excluding tert-OH is 1. The van der Waals surface area contributed by atoms with Crippen LogP contribution in [0.2, 0.25) is 0 Å². The number of aliphatic hydroxyl groups is 1. The van der Waals surface area contributed by atoms with Crippen molar-refractivity contribution in [1.29, 1.82) is 5.41 Å². The average Bonchev–Trinajstić information content (AvgIpc) is 3.38. The van der Waals surface area contributed by atoms with E-state index in [1.165, 1.54) is 12.0 Å². The van der Waals surface area contributed by atoms with Gasteiger partial charge in [0.2, 0.25) is 0 Å². The molecule has 0 unspecified atom stereocenters. The van der Waals surface area contributed by atoms with Crippen LogP contribution in [0.5, 0.6) is 0 Å². The number of carbonyl (C=O) groups is 1. The highest BCUT2D eigenvalue weighted by Crippen LogP contribution is 2.31. The van der Waals surface area contributed by atoms with Gasteiger partial charge in [0.15, 0.2) is 0 Å². The van der Waals surface area contributed by atoms with Crippen LogP contribution in [-0.4, -0.2) is 47.8 Å². The monoisotopic (exact) mass is 341 g/mol. The molecule has 1 fully saturated rings. The summed E-state index contributed by atoms with van der Waals surface area (Å²) in [4.78, 5) is 11.5. The molecule has 0 bridgehead atoms. The summed E-state index contributed by atoms with van der Waals surface area (Å²) in [6, 6.07) is 6.77. The quantitative estimate of drug-likeness (QED) is 0.363. The number of carboxylic acids is 1. The van der Waals surface area contributed by atoms with Crippen molar-refractivity contribution in [2.75, 3.05) is 19.8 Å². The number of nitrogens with one attached hydrogen (secondary N) is 1. The van der Waals surface area contributed by atoms with Crippen molar-refractivity contribution in [3.63, 3.8) is 0 Å². The van der Waals surface area contributed by atoms with E-state index in [9.17, 15) is 4.79 Å². The van der Waals surface area contributed by atoms with E-state index in [2.05, 4.69) is 0 Å². The lowest BCUT2D eigenvalue weighted by atomic mass is 10.1. The summed E-state index contributed by atoms with van der Waals surface area (Å²) in [6.07, 6.45) is 3.37. The Morgan fingerprint density at radius 2 is 2.00 bits per heavy atom. The zero-order valence-electron chi connectivity index (χ0n) is 13.2. The number of aliphatic carboxylic acids is 1. The molecule has 2 rings (SSSR count). The van der Waals surface area contributed by atoms with E-state index in [0.29, 0.717) is 18.3 Å². The zero-order chi connectivity index (χ0) is 17.1. The molecule has 1 aliphatic rings. The lowest BCUT2D eigenvalue weighted by molar-refractivity contribution is -0.129. The molecule has 128 valence electrons. The first-order valence-corrected chi connectivity index (χ1v) is 8.26. The molecule has 1 aromatic carbocycles. The van der Waals surface area contributed by atoms with Crippen LogP contribution in [0, 0.1) is 5.41 Å². The van der Waals surface area contributed by atoms with Gasteiger partial charge in [-0.2, -0.15) is 0 Å². The fourth-order valence-corrected chi connectivity index (χ4v) is 2.09. The molecule has 0 amide bonds. The van der Waals surface area contributed by atoms with E-state index in [1.54, 1.807) is 24.3 Å². The second-order valence-electron chi connectivity index (χ2n) is 4.86. The van der Waals surface area contributed by atoms with Gasteiger partial charge in [-0.25, -0.2) is 4.79 Å². The molecular formula is C16H23NO5S. The van der Waals surface area contributed by atoms with Gasteiger partial charge in [0.05, 0.1) is 6.10 Å². The van der Waals surface area contributed by atoms with Crippen molar-refractivity contribution in [2.24, 2.45) is 0 Å². The highest BCUT2D eigenvalue weighted by Gasteiger charge is 2.22. The maximum absolute atomic E-state index is 10.6. The van der Waals surface area contributed by atoms with Crippen molar-refractivity contribution in [1.82, 2.24) is 0 Å². The molecule has 1 aromatic rings. The molecule has 7 heteroatoms. The number of carboxylic acid groups (broad SMARTS) is 1. The van der Waals surface area contributed by atoms with E-state index in [-0.39, 0.29) is 12.3 Å². The Hall–Kier alpha value is -1.41. The second-order valence-corrected chi connectivity index (χ2v) is 5.69. The first-order valence-electron chi connectivity index (χ1n) is 7.52. The maximum atomic E-state index is 10.6. The third-order valence-corrected chi connectivity index (χ3v) is 3.65. The predicted molar refractivity (Wildman–Crippen MR) is 89.1 cm³/mol. The maximum Gasteiger partial charge on any atom is 0.354 e. The smallest absolute Gasteiger partial charge is 0.354 e. The van der Waals surface area contributed by atoms with Crippen molar-refractivity contribution < 1.29 is 23.9 Å². The van der Waals surface area contributed by atoms with Crippen LogP contribution in [0.1, 0.15) is 31.7 Å². The molecule has 0 atom stereocenters. The molecule has 0 aliphatic heterocycles. The van der Waals surface area contributed by atoms with Gasteiger partial charge >= 0.3 is 5.97 Å². The fraction of sp³-hybridized carbons (Fsp3) is 0.500. The van der Waals surface area contributed by atoms with Gasteiger partial charge in [0.25, 0.3) is 0 Å². The Labute approximate surface area is 140 Å². The minimum Gasteiger partial charge on any atom is -0.477 e. The molecule has 0 aromatic heterocycles. The molecule has 0 saturated heterocycles. The van der Waals surface area contributed by atoms with Crippen molar-refractivity contribution in [2.45, 2.75) is 37.2 Å². The van der Waals surface area contributed by atoms with Gasteiger partial charge in [-0.3, -0.25) is 5.41 Å². The molecule has 0 radical (unpaired) electrons. The number of ether oxygens (including phenoxy) is 1. The number of hydrogen-bond donors (Lipinski definition) is 3. The Morgan fingerprint density at radius 1 is 1.35 bits per heavy atom. The predicted octanol–water partition coefficient (Wildman–Crippen LogP) is 2.73.